The maximum absolute atomic E-state index is 15.6. The first-order valence-corrected chi connectivity index (χ1v) is 12.9. The molecule has 10 heteroatoms. The molecular formula is C30H30F2N4O4. The van der Waals surface area contributed by atoms with E-state index in [9.17, 15) is 19.4 Å². The van der Waals surface area contributed by atoms with Crippen LogP contribution >= 0.6 is 0 Å². The van der Waals surface area contributed by atoms with Crippen molar-refractivity contribution in [3.63, 3.8) is 0 Å². The number of carbonyl (C=O) groups is 1. The van der Waals surface area contributed by atoms with Crippen LogP contribution in [0.5, 0.6) is 5.75 Å². The zero-order valence-corrected chi connectivity index (χ0v) is 22.6. The highest BCUT2D eigenvalue weighted by molar-refractivity contribution is 5.99. The van der Waals surface area contributed by atoms with E-state index < -0.39 is 28.7 Å². The molecule has 1 aliphatic carbocycles. The monoisotopic (exact) mass is 548 g/mol. The van der Waals surface area contributed by atoms with E-state index in [1.165, 1.54) is 51.3 Å². The Hall–Kier alpha value is -4.02. The molecule has 1 atom stereocenters. The number of benzene rings is 2. The van der Waals surface area contributed by atoms with Crippen LogP contribution in [0.15, 0.2) is 48.5 Å². The number of ether oxygens (including phenoxy) is 1. The molecule has 208 valence electrons. The first-order chi connectivity index (χ1) is 18.9. The molecule has 2 heterocycles. The van der Waals surface area contributed by atoms with Gasteiger partial charge < -0.3 is 20.3 Å². The number of amides is 1. The second-order valence-electron chi connectivity index (χ2n) is 10.8. The summed E-state index contributed by atoms with van der Waals surface area (Å²) in [5.74, 6) is -1.59. The summed E-state index contributed by atoms with van der Waals surface area (Å²) in [5.41, 5.74) is -1.57. The van der Waals surface area contributed by atoms with Gasteiger partial charge in [0.2, 0.25) is 0 Å². The number of hydrogen-bond acceptors (Lipinski definition) is 7. The number of aryl methyl sites for hydroxylation is 1. The van der Waals surface area contributed by atoms with Crippen LogP contribution in [0.2, 0.25) is 0 Å². The maximum atomic E-state index is 15.6. The molecule has 0 spiro atoms. The Labute approximate surface area is 230 Å². The van der Waals surface area contributed by atoms with Crippen LogP contribution in [0.25, 0.3) is 22.2 Å². The Bertz CT molecular complexity index is 1600. The van der Waals surface area contributed by atoms with E-state index in [1.807, 2.05) is 0 Å². The lowest BCUT2D eigenvalue weighted by molar-refractivity contribution is 0.00864. The summed E-state index contributed by atoms with van der Waals surface area (Å²) in [5, 5.41) is 34.4. The molecule has 1 saturated carbocycles. The standard InChI is InChI=1S/C30H30F2N4O4/c1-16-11-18-12-19(13-23(40-4)26(18)36-35-16)28(37)33-15-30(39,20-7-8-20)24-14-22(29(2,3)38)25(32)27(34-24)17-5-9-21(31)10-6-17/h5-6,9-14,20,38-39H,7-8,15H2,1-4H3,(H,33,37)/t30-/m1/s1. The molecule has 40 heavy (non-hydrogen) atoms. The average Bonchev–Trinajstić information content (AvgIpc) is 3.77. The van der Waals surface area contributed by atoms with Gasteiger partial charge >= 0.3 is 0 Å². The van der Waals surface area contributed by atoms with Gasteiger partial charge in [-0.1, -0.05) is 0 Å². The third-order valence-electron chi connectivity index (χ3n) is 7.21. The van der Waals surface area contributed by atoms with Gasteiger partial charge in [0.25, 0.3) is 5.91 Å². The molecular weight excluding hydrogens is 518 g/mol. The fourth-order valence-electron chi connectivity index (χ4n) is 4.83. The molecule has 2 aromatic heterocycles. The summed E-state index contributed by atoms with van der Waals surface area (Å²) in [6, 6.07) is 11.5. The lowest BCUT2D eigenvalue weighted by Crippen LogP contribution is -2.43. The van der Waals surface area contributed by atoms with E-state index in [2.05, 4.69) is 20.5 Å². The number of carbonyl (C=O) groups excluding carboxylic acids is 1. The highest BCUT2D eigenvalue weighted by Crippen LogP contribution is 2.46. The SMILES string of the molecule is COc1cc(C(=O)NC[C@](O)(c2cc(C(C)(C)O)c(F)c(-c3ccc(F)cc3)n2)C2CC2)cc2cc(C)nnc12. The summed E-state index contributed by atoms with van der Waals surface area (Å²) in [7, 11) is 1.48. The van der Waals surface area contributed by atoms with Crippen molar-refractivity contribution in [2.75, 3.05) is 13.7 Å². The lowest BCUT2D eigenvalue weighted by atomic mass is 9.87. The molecule has 0 saturated heterocycles. The van der Waals surface area contributed by atoms with Gasteiger partial charge in [-0.3, -0.25) is 4.79 Å². The third kappa shape index (κ3) is 5.24. The average molecular weight is 549 g/mol. The highest BCUT2D eigenvalue weighted by Gasteiger charge is 2.47. The summed E-state index contributed by atoms with van der Waals surface area (Å²) >= 11 is 0. The van der Waals surface area contributed by atoms with Crippen molar-refractivity contribution in [2.24, 2.45) is 5.92 Å². The van der Waals surface area contributed by atoms with Gasteiger partial charge in [-0.05, 0) is 88.1 Å². The minimum absolute atomic E-state index is 0.0713. The van der Waals surface area contributed by atoms with Crippen molar-refractivity contribution in [3.05, 3.63) is 82.7 Å². The third-order valence-corrected chi connectivity index (χ3v) is 7.21. The number of nitrogens with one attached hydrogen (secondary N) is 1. The zero-order valence-electron chi connectivity index (χ0n) is 22.6. The Morgan fingerprint density at radius 1 is 1.07 bits per heavy atom. The maximum Gasteiger partial charge on any atom is 0.251 e. The number of hydrogen-bond donors (Lipinski definition) is 3. The topological polar surface area (TPSA) is 117 Å². The molecule has 1 fully saturated rings. The van der Waals surface area contributed by atoms with Gasteiger partial charge in [0, 0.05) is 22.1 Å². The number of fused-ring (bicyclic) bond motifs is 1. The first-order valence-electron chi connectivity index (χ1n) is 12.9. The van der Waals surface area contributed by atoms with E-state index in [0.29, 0.717) is 40.8 Å². The molecule has 0 bridgehead atoms. The van der Waals surface area contributed by atoms with E-state index in [-0.39, 0.29) is 35.0 Å². The Kier molecular flexibility index (Phi) is 7.01. The van der Waals surface area contributed by atoms with Crippen LogP contribution in [0, 0.1) is 24.5 Å². The number of rotatable bonds is 8. The molecule has 0 aliphatic heterocycles. The molecule has 1 aliphatic rings. The van der Waals surface area contributed by atoms with E-state index in [0.717, 1.165) is 0 Å². The van der Waals surface area contributed by atoms with Gasteiger partial charge in [0.05, 0.1) is 30.6 Å². The van der Waals surface area contributed by atoms with E-state index in [1.54, 1.807) is 25.1 Å². The molecule has 2 aromatic carbocycles. The molecule has 1 amide bonds. The highest BCUT2D eigenvalue weighted by atomic mass is 19.1. The van der Waals surface area contributed by atoms with Crippen molar-refractivity contribution < 1.29 is 28.5 Å². The minimum atomic E-state index is -1.65. The van der Waals surface area contributed by atoms with Gasteiger partial charge in [0.1, 0.15) is 28.4 Å². The predicted octanol–water partition coefficient (Wildman–Crippen LogP) is 4.54. The van der Waals surface area contributed by atoms with Gasteiger partial charge in [-0.25, -0.2) is 13.8 Å². The fraction of sp³-hybridized carbons (Fsp3) is 0.333. The second kappa shape index (κ2) is 10.2. The minimum Gasteiger partial charge on any atom is -0.494 e. The summed E-state index contributed by atoms with van der Waals surface area (Å²) in [6.07, 6.45) is 1.35. The predicted molar refractivity (Wildman–Crippen MR) is 145 cm³/mol. The number of pyridine rings is 1. The smallest absolute Gasteiger partial charge is 0.251 e. The summed E-state index contributed by atoms with van der Waals surface area (Å²) in [6.45, 7) is 4.44. The van der Waals surface area contributed by atoms with Crippen molar-refractivity contribution in [1.29, 1.82) is 0 Å². The van der Waals surface area contributed by atoms with Crippen LogP contribution in [0.1, 0.15) is 54.0 Å². The Morgan fingerprint density at radius 2 is 1.77 bits per heavy atom. The van der Waals surface area contributed by atoms with E-state index in [4.69, 9.17) is 4.74 Å². The van der Waals surface area contributed by atoms with Crippen molar-refractivity contribution in [2.45, 2.75) is 44.8 Å². The van der Waals surface area contributed by atoms with Crippen LogP contribution in [0.3, 0.4) is 0 Å². The molecule has 0 unspecified atom stereocenters. The number of methoxy groups -OCH3 is 1. The van der Waals surface area contributed by atoms with Crippen LogP contribution in [-0.4, -0.2) is 45.0 Å². The molecule has 0 radical (unpaired) electrons. The largest absolute Gasteiger partial charge is 0.494 e. The normalized spacial score (nSPS) is 15.1. The first kappa shape index (κ1) is 27.5. The molecule has 5 rings (SSSR count). The quantitative estimate of drug-likeness (QED) is 0.296. The van der Waals surface area contributed by atoms with Gasteiger partial charge in [-0.15, -0.1) is 5.10 Å². The molecule has 8 nitrogen and oxygen atoms in total. The number of nitrogens with zero attached hydrogens (tertiary/aromatic N) is 3. The Balaban J connectivity index is 1.52. The summed E-state index contributed by atoms with van der Waals surface area (Å²) < 4.78 is 34.6. The van der Waals surface area contributed by atoms with Crippen molar-refractivity contribution in [3.8, 4) is 17.0 Å². The lowest BCUT2D eigenvalue weighted by Gasteiger charge is -2.30. The van der Waals surface area contributed by atoms with Gasteiger partial charge in [0.15, 0.2) is 5.82 Å². The van der Waals surface area contributed by atoms with E-state index >= 15 is 4.39 Å². The van der Waals surface area contributed by atoms with Crippen LogP contribution in [0.4, 0.5) is 8.78 Å². The van der Waals surface area contributed by atoms with Crippen LogP contribution < -0.4 is 10.1 Å². The number of aromatic nitrogens is 3. The number of halogens is 2. The molecule has 3 N–H and O–H groups in total. The Morgan fingerprint density at radius 3 is 2.40 bits per heavy atom. The van der Waals surface area contributed by atoms with Crippen LogP contribution in [-0.2, 0) is 11.2 Å². The second-order valence-corrected chi connectivity index (χ2v) is 10.8. The van der Waals surface area contributed by atoms with Crippen molar-refractivity contribution in [1.82, 2.24) is 20.5 Å². The number of aliphatic hydroxyl groups is 2. The summed E-state index contributed by atoms with van der Waals surface area (Å²) in [4.78, 5) is 17.8. The van der Waals surface area contributed by atoms with Gasteiger partial charge in [-0.2, -0.15) is 5.10 Å². The zero-order chi connectivity index (χ0) is 28.8. The fourth-order valence-corrected chi connectivity index (χ4v) is 4.83. The molecule has 4 aromatic rings. The van der Waals surface area contributed by atoms with Crippen molar-refractivity contribution >= 4 is 16.8 Å².